The molecule has 3 aliphatic rings. The normalized spacial score (nSPS) is 26.9. The fourth-order valence-corrected chi connectivity index (χ4v) is 5.42. The molecule has 1 aliphatic carbocycles. The Hall–Kier alpha value is -3.18. The summed E-state index contributed by atoms with van der Waals surface area (Å²) in [6, 6.07) is 7.14. The van der Waals surface area contributed by atoms with Gasteiger partial charge < -0.3 is 33.5 Å². The number of fused-ring (bicyclic) bond motifs is 3. The molecule has 4 aromatic rings. The first kappa shape index (κ1) is 22.1. The maximum absolute atomic E-state index is 15.1. The van der Waals surface area contributed by atoms with Crippen LogP contribution >= 0.6 is 11.6 Å². The van der Waals surface area contributed by atoms with Gasteiger partial charge >= 0.3 is 0 Å². The molecule has 1 unspecified atom stereocenters. The number of aliphatic hydroxyl groups is 1. The molecule has 2 aliphatic heterocycles. The van der Waals surface area contributed by atoms with E-state index in [4.69, 9.17) is 35.0 Å². The number of furan rings is 1. The Morgan fingerprint density at radius 2 is 1.97 bits per heavy atom. The molecule has 36 heavy (non-hydrogen) atoms. The number of nitrogens with zero attached hydrogens (tertiary/aromatic N) is 2. The van der Waals surface area contributed by atoms with Crippen LogP contribution in [0.15, 0.2) is 41.2 Å². The summed E-state index contributed by atoms with van der Waals surface area (Å²) in [5.74, 6) is -0.167. The number of ether oxygens (including phenoxy) is 4. The van der Waals surface area contributed by atoms with Gasteiger partial charge in [0.05, 0.1) is 31.3 Å². The van der Waals surface area contributed by atoms with Crippen molar-refractivity contribution >= 4 is 22.8 Å². The van der Waals surface area contributed by atoms with Crippen LogP contribution in [0.1, 0.15) is 23.7 Å². The lowest BCUT2D eigenvalue weighted by Gasteiger charge is -2.16. The smallest absolute Gasteiger partial charge is 0.296 e. The predicted molar refractivity (Wildman–Crippen MR) is 125 cm³/mol. The van der Waals surface area contributed by atoms with Crippen molar-refractivity contribution in [2.45, 2.75) is 43.4 Å². The van der Waals surface area contributed by atoms with Gasteiger partial charge in [0.2, 0.25) is 5.88 Å². The molecule has 5 heterocycles. The monoisotopic (exact) mass is 513 g/mol. The Morgan fingerprint density at radius 1 is 1.08 bits per heavy atom. The van der Waals surface area contributed by atoms with E-state index in [1.54, 1.807) is 24.7 Å². The number of hydrogen-bond donors (Lipinski definition) is 2. The van der Waals surface area contributed by atoms with E-state index in [0.29, 0.717) is 29.6 Å². The number of H-pyrrole nitrogens is 1. The number of pyridine rings is 1. The molecule has 0 amide bonds. The van der Waals surface area contributed by atoms with Crippen molar-refractivity contribution in [2.24, 2.45) is 0 Å². The van der Waals surface area contributed by atoms with Crippen molar-refractivity contribution in [3.63, 3.8) is 0 Å². The maximum Gasteiger partial charge on any atom is 0.296 e. The van der Waals surface area contributed by atoms with E-state index in [0.717, 1.165) is 16.7 Å². The fourth-order valence-electron chi connectivity index (χ4n) is 5.23. The Kier molecular flexibility index (Phi) is 5.17. The van der Waals surface area contributed by atoms with Crippen LogP contribution in [0.4, 0.5) is 4.39 Å². The second-order valence-electron chi connectivity index (χ2n) is 9.20. The third-order valence-electron chi connectivity index (χ3n) is 6.94. The number of aryl methyl sites for hydroxylation is 1. The molecule has 0 bridgehead atoms. The number of benzene rings is 1. The molecule has 2 saturated heterocycles. The zero-order valence-corrected chi connectivity index (χ0v) is 19.6. The van der Waals surface area contributed by atoms with Gasteiger partial charge in [-0.25, -0.2) is 4.39 Å². The number of hydrogen-bond acceptors (Lipinski definition) is 8. The van der Waals surface area contributed by atoms with Crippen molar-refractivity contribution in [3.05, 3.63) is 58.8 Å². The number of nitrogens with one attached hydrogen (secondary N) is 1. The molecule has 2 fully saturated rings. The van der Waals surface area contributed by atoms with Crippen LogP contribution in [0.3, 0.4) is 0 Å². The van der Waals surface area contributed by atoms with Gasteiger partial charge in [0.1, 0.15) is 35.3 Å². The lowest BCUT2D eigenvalue weighted by molar-refractivity contribution is 0.00706. The van der Waals surface area contributed by atoms with Gasteiger partial charge in [-0.3, -0.25) is 0 Å². The minimum atomic E-state index is -0.665. The van der Waals surface area contributed by atoms with Crippen molar-refractivity contribution in [1.29, 1.82) is 0 Å². The first-order valence-electron chi connectivity index (χ1n) is 11.7. The molecule has 5 atom stereocenters. The van der Waals surface area contributed by atoms with Crippen molar-refractivity contribution < 1.29 is 32.9 Å². The topological polar surface area (TPSA) is 112 Å². The number of rotatable bonds is 5. The molecular weight excluding hydrogens is 493 g/mol. The molecule has 0 radical (unpaired) electrons. The molecule has 7 rings (SSSR count). The molecule has 0 spiro atoms. The minimum Gasteiger partial charge on any atom is -0.472 e. The number of aromatic amines is 1. The Labute approximate surface area is 209 Å². The molecule has 0 saturated carbocycles. The average Bonchev–Trinajstić information content (AvgIpc) is 3.66. The van der Waals surface area contributed by atoms with E-state index in [9.17, 15) is 5.11 Å². The van der Waals surface area contributed by atoms with Crippen LogP contribution in [0.2, 0.25) is 5.02 Å². The van der Waals surface area contributed by atoms with Gasteiger partial charge in [0.15, 0.2) is 11.8 Å². The molecule has 186 valence electrons. The SMILES string of the molecule is O[C@@H]1CO[C@H]2[C@@H]1OC[C@H]2Oc1nc2nc(OC3CCc4cc(-c5ccoc5)cc(F)c43)c(Cl)cc2[nH]1. The minimum absolute atomic E-state index is 0.171. The number of halogens is 2. The van der Waals surface area contributed by atoms with Gasteiger partial charge in [0, 0.05) is 11.1 Å². The van der Waals surface area contributed by atoms with Crippen molar-refractivity contribution in [3.8, 4) is 23.0 Å². The summed E-state index contributed by atoms with van der Waals surface area (Å²) in [5.41, 5.74) is 3.90. The third-order valence-corrected chi connectivity index (χ3v) is 7.21. The highest BCUT2D eigenvalue weighted by molar-refractivity contribution is 6.32. The Morgan fingerprint density at radius 3 is 2.83 bits per heavy atom. The summed E-state index contributed by atoms with van der Waals surface area (Å²) in [5, 5.41) is 10.2. The zero-order valence-electron chi connectivity index (χ0n) is 18.8. The highest BCUT2D eigenvalue weighted by Gasteiger charge is 2.48. The first-order valence-corrected chi connectivity index (χ1v) is 12.1. The molecule has 11 heteroatoms. The van der Waals surface area contributed by atoms with E-state index < -0.39 is 24.4 Å². The Bertz CT molecular complexity index is 1440. The largest absolute Gasteiger partial charge is 0.472 e. The molecule has 9 nitrogen and oxygen atoms in total. The second kappa shape index (κ2) is 8.45. The third kappa shape index (κ3) is 3.64. The van der Waals surface area contributed by atoms with E-state index >= 15 is 4.39 Å². The average molecular weight is 514 g/mol. The maximum atomic E-state index is 15.1. The quantitative estimate of drug-likeness (QED) is 0.412. The van der Waals surface area contributed by atoms with Gasteiger partial charge in [-0.15, -0.1) is 0 Å². The summed E-state index contributed by atoms with van der Waals surface area (Å²) < 4.78 is 43.5. The molecule has 3 aromatic heterocycles. The van der Waals surface area contributed by atoms with E-state index in [1.165, 1.54) is 6.07 Å². The predicted octanol–water partition coefficient (Wildman–Crippen LogP) is 3.98. The fraction of sp³-hybridized carbons (Fsp3) is 0.360. The lowest BCUT2D eigenvalue weighted by Crippen LogP contribution is -2.34. The molecular formula is C25H21ClFN3O6. The van der Waals surface area contributed by atoms with Crippen LogP contribution < -0.4 is 9.47 Å². The number of aliphatic hydroxyl groups excluding tert-OH is 1. The summed E-state index contributed by atoms with van der Waals surface area (Å²) >= 11 is 6.46. The second-order valence-corrected chi connectivity index (χ2v) is 9.60. The van der Waals surface area contributed by atoms with E-state index in [1.807, 2.05) is 6.07 Å². The van der Waals surface area contributed by atoms with E-state index in [2.05, 4.69) is 15.0 Å². The zero-order chi connectivity index (χ0) is 24.4. The van der Waals surface area contributed by atoms with Gasteiger partial charge in [-0.1, -0.05) is 17.7 Å². The number of imidazole rings is 1. The highest BCUT2D eigenvalue weighted by atomic mass is 35.5. The van der Waals surface area contributed by atoms with Crippen LogP contribution in [-0.4, -0.2) is 57.7 Å². The summed E-state index contributed by atoms with van der Waals surface area (Å²) in [6.07, 6.45) is 2.06. The van der Waals surface area contributed by atoms with Crippen molar-refractivity contribution in [2.75, 3.05) is 13.2 Å². The highest BCUT2D eigenvalue weighted by Crippen LogP contribution is 2.41. The summed E-state index contributed by atoms with van der Waals surface area (Å²) in [4.78, 5) is 11.9. The standard InChI is InChI=1S/C25H21ClFN3O6/c26-14-7-16-23(30-25(28-16)36-19-10-34-21-17(31)9-33-22(19)21)29-24(14)35-18-2-1-11-5-13(6-15(27)20(11)18)12-3-4-32-8-12/h3-8,17-19,21-22,31H,1-2,9-10H2,(H,28,29,30)/t17-,18?,19-,21-,22-/m1/s1. The number of aromatic nitrogens is 3. The first-order chi connectivity index (χ1) is 17.5. The molecule has 1 aromatic carbocycles. The Balaban J connectivity index is 1.12. The van der Waals surface area contributed by atoms with Gasteiger partial charge in [-0.2, -0.15) is 9.97 Å². The summed E-state index contributed by atoms with van der Waals surface area (Å²) in [6.45, 7) is 0.490. The lowest BCUT2D eigenvalue weighted by atomic mass is 10.0. The van der Waals surface area contributed by atoms with Crippen LogP contribution in [-0.2, 0) is 15.9 Å². The van der Waals surface area contributed by atoms with Gasteiger partial charge in [-0.05, 0) is 42.2 Å². The summed E-state index contributed by atoms with van der Waals surface area (Å²) in [7, 11) is 0. The van der Waals surface area contributed by atoms with Crippen LogP contribution in [0, 0.1) is 5.82 Å². The van der Waals surface area contributed by atoms with Crippen LogP contribution in [0.5, 0.6) is 11.9 Å². The van der Waals surface area contributed by atoms with Crippen LogP contribution in [0.25, 0.3) is 22.3 Å². The van der Waals surface area contributed by atoms with Gasteiger partial charge in [0.25, 0.3) is 6.01 Å². The van der Waals surface area contributed by atoms with Crippen molar-refractivity contribution in [1.82, 2.24) is 15.0 Å². The molecule has 2 N–H and O–H groups in total. The van der Waals surface area contributed by atoms with E-state index in [-0.39, 0.29) is 42.0 Å².